The Balaban J connectivity index is 1.62. The highest BCUT2D eigenvalue weighted by atomic mass is 35.5. The van der Waals surface area contributed by atoms with Crippen LogP contribution in [0.25, 0.3) is 0 Å². The molecule has 2 atom stereocenters. The zero-order valence-electron chi connectivity index (χ0n) is 14.0. The molecule has 2 heterocycles. The summed E-state index contributed by atoms with van der Waals surface area (Å²) in [7, 11) is 2.22. The van der Waals surface area contributed by atoms with Crippen LogP contribution in [-0.4, -0.2) is 25.0 Å². The lowest BCUT2D eigenvalue weighted by molar-refractivity contribution is 0.401. The minimum Gasteiger partial charge on any atom is -0.457 e. The van der Waals surface area contributed by atoms with Gasteiger partial charge in [0.1, 0.15) is 11.5 Å². The molecule has 2 aromatic rings. The first-order valence-electron chi connectivity index (χ1n) is 8.96. The molecule has 2 fully saturated rings. The third-order valence-corrected chi connectivity index (χ3v) is 6.02. The van der Waals surface area contributed by atoms with E-state index in [0.29, 0.717) is 11.8 Å². The van der Waals surface area contributed by atoms with Gasteiger partial charge in [-0.2, -0.15) is 0 Å². The van der Waals surface area contributed by atoms with E-state index in [0.717, 1.165) is 35.5 Å². The summed E-state index contributed by atoms with van der Waals surface area (Å²) in [4.78, 5) is 2.43. The molecular formula is C21H22ClNO. The van der Waals surface area contributed by atoms with Gasteiger partial charge in [-0.25, -0.2) is 0 Å². The maximum atomic E-state index is 6.33. The zero-order valence-corrected chi connectivity index (χ0v) is 14.7. The molecule has 2 aromatic carbocycles. The molecule has 1 saturated heterocycles. The van der Waals surface area contributed by atoms with Crippen molar-refractivity contribution < 1.29 is 4.74 Å². The van der Waals surface area contributed by atoms with Crippen molar-refractivity contribution in [1.29, 1.82) is 0 Å². The summed E-state index contributed by atoms with van der Waals surface area (Å²) in [5.41, 5.74) is 4.11. The first-order chi connectivity index (χ1) is 11.7. The Kier molecular flexibility index (Phi) is 3.39. The minimum absolute atomic E-state index is 0.459. The average Bonchev–Trinajstić information content (AvgIpc) is 3.31. The molecule has 0 N–H and O–H groups in total. The van der Waals surface area contributed by atoms with E-state index in [4.69, 9.17) is 16.3 Å². The lowest BCUT2D eigenvalue weighted by Gasteiger charge is -2.18. The molecule has 5 rings (SSSR count). The molecule has 0 bridgehead atoms. The Morgan fingerprint density at radius 3 is 2.38 bits per heavy atom. The van der Waals surface area contributed by atoms with E-state index in [-0.39, 0.29) is 0 Å². The van der Waals surface area contributed by atoms with E-state index in [9.17, 15) is 0 Å². The van der Waals surface area contributed by atoms with Crippen LogP contribution in [0.15, 0.2) is 36.4 Å². The SMILES string of the molecule is CN1C[C@H]2c3cc(Cl)ccc3Oc3ccc(CC4CC4)cc3[C@@H]2C1. The molecule has 0 spiro atoms. The maximum Gasteiger partial charge on any atom is 0.131 e. The van der Waals surface area contributed by atoms with E-state index in [2.05, 4.69) is 36.2 Å². The minimum atomic E-state index is 0.459. The van der Waals surface area contributed by atoms with Crippen molar-refractivity contribution in [2.45, 2.75) is 31.1 Å². The molecule has 0 radical (unpaired) electrons. The van der Waals surface area contributed by atoms with Crippen molar-refractivity contribution >= 4 is 11.6 Å². The molecule has 24 heavy (non-hydrogen) atoms. The molecule has 124 valence electrons. The zero-order chi connectivity index (χ0) is 16.3. The average molecular weight is 340 g/mol. The van der Waals surface area contributed by atoms with E-state index in [1.807, 2.05) is 12.1 Å². The smallest absolute Gasteiger partial charge is 0.131 e. The normalized spacial score (nSPS) is 25.4. The van der Waals surface area contributed by atoms with Gasteiger partial charge in [0.2, 0.25) is 0 Å². The molecule has 0 aromatic heterocycles. The summed E-state index contributed by atoms with van der Waals surface area (Å²) in [6.07, 6.45) is 4.01. The van der Waals surface area contributed by atoms with Crippen LogP contribution >= 0.6 is 11.6 Å². The van der Waals surface area contributed by atoms with Gasteiger partial charge in [0.15, 0.2) is 0 Å². The van der Waals surface area contributed by atoms with E-state index < -0.39 is 0 Å². The predicted molar refractivity (Wildman–Crippen MR) is 97.4 cm³/mol. The quantitative estimate of drug-likeness (QED) is 0.744. The van der Waals surface area contributed by atoms with Crippen LogP contribution in [0.4, 0.5) is 0 Å². The number of nitrogens with zero attached hydrogens (tertiary/aromatic N) is 1. The molecule has 2 aliphatic heterocycles. The maximum absolute atomic E-state index is 6.33. The molecule has 1 saturated carbocycles. The molecule has 3 aliphatic rings. The predicted octanol–water partition coefficient (Wildman–Crippen LogP) is 5.21. The monoisotopic (exact) mass is 339 g/mol. The van der Waals surface area contributed by atoms with Crippen molar-refractivity contribution in [3.05, 3.63) is 58.1 Å². The van der Waals surface area contributed by atoms with Crippen LogP contribution in [0.3, 0.4) is 0 Å². The van der Waals surface area contributed by atoms with Crippen LogP contribution in [-0.2, 0) is 6.42 Å². The van der Waals surface area contributed by atoms with Crippen molar-refractivity contribution in [3.8, 4) is 11.5 Å². The number of hydrogen-bond acceptors (Lipinski definition) is 2. The van der Waals surface area contributed by atoms with Gasteiger partial charge in [0, 0.05) is 41.1 Å². The van der Waals surface area contributed by atoms with Crippen LogP contribution in [0, 0.1) is 5.92 Å². The van der Waals surface area contributed by atoms with Gasteiger partial charge < -0.3 is 9.64 Å². The molecule has 0 amide bonds. The molecule has 2 nitrogen and oxygen atoms in total. The van der Waals surface area contributed by atoms with Crippen molar-refractivity contribution in [3.63, 3.8) is 0 Å². The first-order valence-corrected chi connectivity index (χ1v) is 9.34. The lowest BCUT2D eigenvalue weighted by atomic mass is 9.83. The lowest BCUT2D eigenvalue weighted by Crippen LogP contribution is -2.14. The van der Waals surface area contributed by atoms with Crippen molar-refractivity contribution in [2.75, 3.05) is 20.1 Å². The number of ether oxygens (including phenoxy) is 1. The van der Waals surface area contributed by atoms with E-state index in [1.165, 1.54) is 36.0 Å². The Labute approximate surface area is 148 Å². The largest absolute Gasteiger partial charge is 0.457 e. The van der Waals surface area contributed by atoms with Crippen LogP contribution in [0.2, 0.25) is 5.02 Å². The highest BCUT2D eigenvalue weighted by molar-refractivity contribution is 6.30. The second-order valence-electron chi connectivity index (χ2n) is 7.74. The Hall–Kier alpha value is -1.51. The summed E-state index contributed by atoms with van der Waals surface area (Å²) in [6, 6.07) is 12.9. The van der Waals surface area contributed by atoms with Gasteiger partial charge in [0.05, 0.1) is 0 Å². The van der Waals surface area contributed by atoms with Gasteiger partial charge >= 0.3 is 0 Å². The number of likely N-dealkylation sites (tertiary alicyclic amines) is 1. The summed E-state index contributed by atoms with van der Waals surface area (Å²) >= 11 is 6.29. The second kappa shape index (κ2) is 5.50. The highest BCUT2D eigenvalue weighted by Crippen LogP contribution is 2.50. The standard InChI is InChI=1S/C21H22ClNO/c1-23-11-18-16-9-14(8-13-2-3-13)4-6-20(16)24-21-7-5-15(22)10-17(21)19(18)12-23/h4-7,9-10,13,18-19H,2-3,8,11-12H2,1H3/t18-,19-/m0/s1. The Morgan fingerprint density at radius 1 is 1.00 bits per heavy atom. The molecule has 0 unspecified atom stereocenters. The van der Waals surface area contributed by atoms with Gasteiger partial charge in [0.25, 0.3) is 0 Å². The Morgan fingerprint density at radius 2 is 1.67 bits per heavy atom. The fourth-order valence-electron chi connectivity index (χ4n) is 4.41. The highest BCUT2D eigenvalue weighted by Gasteiger charge is 2.39. The number of fused-ring (bicyclic) bond motifs is 5. The van der Waals surface area contributed by atoms with E-state index in [1.54, 1.807) is 0 Å². The molecule has 1 aliphatic carbocycles. The topological polar surface area (TPSA) is 12.5 Å². The Bertz CT molecular complexity index is 798. The van der Waals surface area contributed by atoms with Crippen LogP contribution < -0.4 is 4.74 Å². The second-order valence-corrected chi connectivity index (χ2v) is 8.17. The number of rotatable bonds is 2. The summed E-state index contributed by atoms with van der Waals surface area (Å²) < 4.78 is 6.33. The van der Waals surface area contributed by atoms with E-state index >= 15 is 0 Å². The summed E-state index contributed by atoms with van der Waals surface area (Å²) in [6.45, 7) is 2.15. The fraction of sp³-hybridized carbons (Fsp3) is 0.429. The van der Waals surface area contributed by atoms with Gasteiger partial charge in [-0.3, -0.25) is 0 Å². The number of benzene rings is 2. The molecule has 3 heteroatoms. The number of likely N-dealkylation sites (N-methyl/N-ethyl adjacent to an activating group) is 1. The number of hydrogen-bond donors (Lipinski definition) is 0. The third kappa shape index (κ3) is 2.53. The van der Waals surface area contributed by atoms with Crippen LogP contribution in [0.1, 0.15) is 41.4 Å². The molecular weight excluding hydrogens is 318 g/mol. The summed E-state index contributed by atoms with van der Waals surface area (Å²) in [5.74, 6) is 3.86. The first kappa shape index (κ1) is 14.8. The van der Waals surface area contributed by atoms with Gasteiger partial charge in [-0.15, -0.1) is 0 Å². The van der Waals surface area contributed by atoms with Crippen molar-refractivity contribution in [1.82, 2.24) is 4.90 Å². The van der Waals surface area contributed by atoms with Crippen LogP contribution in [0.5, 0.6) is 11.5 Å². The van der Waals surface area contributed by atoms with Gasteiger partial charge in [-0.05, 0) is 62.1 Å². The summed E-state index contributed by atoms with van der Waals surface area (Å²) in [5, 5.41) is 0.797. The fourth-order valence-corrected chi connectivity index (χ4v) is 4.59. The number of halogens is 1. The van der Waals surface area contributed by atoms with Gasteiger partial charge in [-0.1, -0.05) is 23.7 Å². The third-order valence-electron chi connectivity index (χ3n) is 5.79. The van der Waals surface area contributed by atoms with Crippen molar-refractivity contribution in [2.24, 2.45) is 5.92 Å².